The van der Waals surface area contributed by atoms with E-state index in [-0.39, 0.29) is 35.4 Å². The molecule has 0 spiro atoms. The number of hydrogen-bond donors (Lipinski definition) is 2. The molecule has 104 valence electrons. The van der Waals surface area contributed by atoms with E-state index in [1.807, 2.05) is 0 Å². The lowest BCUT2D eigenvalue weighted by molar-refractivity contribution is 0.282. The van der Waals surface area contributed by atoms with E-state index >= 15 is 0 Å². The minimum Gasteiger partial charge on any atom is -0.395 e. The highest BCUT2D eigenvalue weighted by atomic mass is 32.1. The lowest BCUT2D eigenvalue weighted by Gasteiger charge is -2.39. The molecule has 1 aromatic carbocycles. The van der Waals surface area contributed by atoms with Crippen LogP contribution in [0.2, 0.25) is 0 Å². The Morgan fingerprint density at radius 2 is 2.05 bits per heavy atom. The van der Waals surface area contributed by atoms with Gasteiger partial charge in [-0.25, -0.2) is 8.78 Å². The maximum absolute atomic E-state index is 14.1. The first-order valence-corrected chi connectivity index (χ1v) is 6.62. The Balaban J connectivity index is 2.37. The van der Waals surface area contributed by atoms with Crippen molar-refractivity contribution >= 4 is 22.9 Å². The number of hydrogen-bond acceptors (Lipinski definition) is 3. The third-order valence-corrected chi connectivity index (χ3v) is 3.71. The minimum atomic E-state index is -1.02. The first-order valence-electron chi connectivity index (χ1n) is 6.21. The van der Waals surface area contributed by atoms with Crippen LogP contribution in [0.4, 0.5) is 14.5 Å². The number of aliphatic hydroxyl groups is 1. The van der Waals surface area contributed by atoms with Gasteiger partial charge >= 0.3 is 0 Å². The molecular formula is C13H16F2N2OS. The molecule has 1 fully saturated rings. The van der Waals surface area contributed by atoms with Gasteiger partial charge in [-0.2, -0.15) is 0 Å². The fraction of sp³-hybridized carbons (Fsp3) is 0.462. The van der Waals surface area contributed by atoms with Crippen molar-refractivity contribution in [2.45, 2.75) is 25.3 Å². The maximum Gasteiger partial charge on any atom is 0.182 e. The fourth-order valence-corrected chi connectivity index (χ4v) is 2.41. The predicted molar refractivity (Wildman–Crippen MR) is 74.3 cm³/mol. The Morgan fingerprint density at radius 1 is 1.37 bits per heavy atom. The number of nitrogens with two attached hydrogens (primary N) is 1. The van der Waals surface area contributed by atoms with Gasteiger partial charge in [-0.1, -0.05) is 12.2 Å². The summed E-state index contributed by atoms with van der Waals surface area (Å²) in [4.78, 5) is 1.55. The number of rotatable bonds is 5. The second-order valence-corrected chi connectivity index (χ2v) is 5.07. The fourth-order valence-electron chi connectivity index (χ4n) is 2.26. The quantitative estimate of drug-likeness (QED) is 0.812. The van der Waals surface area contributed by atoms with Gasteiger partial charge in [-0.3, -0.25) is 0 Å². The van der Waals surface area contributed by atoms with Gasteiger partial charge in [-0.15, -0.1) is 0 Å². The van der Waals surface area contributed by atoms with Crippen LogP contribution < -0.4 is 10.6 Å². The molecule has 0 aliphatic heterocycles. The van der Waals surface area contributed by atoms with Gasteiger partial charge in [0.2, 0.25) is 0 Å². The Labute approximate surface area is 116 Å². The van der Waals surface area contributed by atoms with Crippen LogP contribution in [-0.4, -0.2) is 29.3 Å². The average molecular weight is 286 g/mol. The molecule has 1 aliphatic rings. The molecule has 0 aromatic heterocycles. The van der Waals surface area contributed by atoms with Gasteiger partial charge in [-0.05, 0) is 31.4 Å². The van der Waals surface area contributed by atoms with Crippen LogP contribution >= 0.6 is 12.2 Å². The smallest absolute Gasteiger partial charge is 0.182 e. The number of aliphatic hydroxyl groups excluding tert-OH is 1. The van der Waals surface area contributed by atoms with Gasteiger partial charge in [0.1, 0.15) is 4.99 Å². The predicted octanol–water partition coefficient (Wildman–Crippen LogP) is 1.95. The maximum atomic E-state index is 14.1. The molecule has 1 aromatic rings. The van der Waals surface area contributed by atoms with E-state index in [1.54, 1.807) is 4.90 Å². The monoisotopic (exact) mass is 286 g/mol. The zero-order chi connectivity index (χ0) is 14.0. The third kappa shape index (κ3) is 2.69. The van der Waals surface area contributed by atoms with Crippen LogP contribution in [0, 0.1) is 11.6 Å². The summed E-state index contributed by atoms with van der Waals surface area (Å²) in [7, 11) is 0. The molecule has 0 saturated heterocycles. The summed E-state index contributed by atoms with van der Waals surface area (Å²) in [5, 5.41) is 9.07. The van der Waals surface area contributed by atoms with Crippen LogP contribution in [0.5, 0.6) is 0 Å². The lowest BCUT2D eigenvalue weighted by atomic mass is 9.91. The molecule has 1 saturated carbocycles. The van der Waals surface area contributed by atoms with E-state index in [2.05, 4.69) is 12.2 Å². The van der Waals surface area contributed by atoms with Crippen molar-refractivity contribution in [3.63, 3.8) is 0 Å². The molecule has 0 unspecified atom stereocenters. The molecule has 0 atom stereocenters. The van der Waals surface area contributed by atoms with Gasteiger partial charge in [0.05, 0.1) is 12.3 Å². The molecule has 0 bridgehead atoms. The summed E-state index contributed by atoms with van der Waals surface area (Å²) in [6, 6.07) is 3.02. The first kappa shape index (κ1) is 14.1. The highest BCUT2D eigenvalue weighted by molar-refractivity contribution is 7.80. The van der Waals surface area contributed by atoms with Crippen LogP contribution in [0.15, 0.2) is 12.1 Å². The highest BCUT2D eigenvalue weighted by Gasteiger charge is 2.28. The molecule has 0 amide bonds. The number of benzene rings is 1. The molecule has 0 heterocycles. The van der Waals surface area contributed by atoms with Crippen LogP contribution in [0.25, 0.3) is 0 Å². The van der Waals surface area contributed by atoms with Crippen molar-refractivity contribution in [1.29, 1.82) is 0 Å². The van der Waals surface area contributed by atoms with Crippen molar-refractivity contribution in [2.75, 3.05) is 18.1 Å². The van der Waals surface area contributed by atoms with Gasteiger partial charge in [0.15, 0.2) is 11.6 Å². The largest absolute Gasteiger partial charge is 0.395 e. The Hall–Kier alpha value is -1.27. The number of halogens is 2. The summed E-state index contributed by atoms with van der Waals surface area (Å²) in [6.07, 6.45) is 2.93. The molecule has 2 rings (SSSR count). The molecule has 3 N–H and O–H groups in total. The van der Waals surface area contributed by atoms with Crippen LogP contribution in [0.3, 0.4) is 0 Å². The number of nitrogens with zero attached hydrogens (tertiary/aromatic N) is 1. The van der Waals surface area contributed by atoms with Gasteiger partial charge in [0, 0.05) is 18.2 Å². The minimum absolute atomic E-state index is 0.0891. The Kier molecular flexibility index (Phi) is 4.31. The zero-order valence-corrected chi connectivity index (χ0v) is 11.2. The molecule has 3 nitrogen and oxygen atoms in total. The Morgan fingerprint density at radius 3 is 2.53 bits per heavy atom. The van der Waals surface area contributed by atoms with Crippen LogP contribution in [-0.2, 0) is 0 Å². The standard InChI is InChI=1S/C13H16F2N2OS/c14-11-9(13(16)19)4-5-10(12(11)15)17(6-7-18)8-2-1-3-8/h4-5,8,18H,1-3,6-7H2,(H2,16,19). The van der Waals surface area contributed by atoms with Crippen molar-refractivity contribution in [2.24, 2.45) is 5.73 Å². The average Bonchev–Trinajstić information content (AvgIpc) is 2.29. The molecule has 1 aliphatic carbocycles. The van der Waals surface area contributed by atoms with Crippen molar-refractivity contribution < 1.29 is 13.9 Å². The number of anilines is 1. The van der Waals surface area contributed by atoms with Gasteiger partial charge in [0.25, 0.3) is 0 Å². The van der Waals surface area contributed by atoms with E-state index in [1.165, 1.54) is 12.1 Å². The summed E-state index contributed by atoms with van der Waals surface area (Å²) in [6.45, 7) is 0.183. The van der Waals surface area contributed by atoms with E-state index in [4.69, 9.17) is 10.8 Å². The molecular weight excluding hydrogens is 270 g/mol. The van der Waals surface area contributed by atoms with Crippen LogP contribution in [0.1, 0.15) is 24.8 Å². The zero-order valence-electron chi connectivity index (χ0n) is 10.4. The first-order chi connectivity index (χ1) is 9.06. The summed E-state index contributed by atoms with van der Waals surface area (Å²) < 4.78 is 28.0. The van der Waals surface area contributed by atoms with E-state index in [0.717, 1.165) is 19.3 Å². The van der Waals surface area contributed by atoms with E-state index in [9.17, 15) is 8.78 Å². The third-order valence-electron chi connectivity index (χ3n) is 3.49. The second kappa shape index (κ2) is 5.79. The summed E-state index contributed by atoms with van der Waals surface area (Å²) in [5.41, 5.74) is 5.41. The highest BCUT2D eigenvalue weighted by Crippen LogP contribution is 2.32. The van der Waals surface area contributed by atoms with E-state index in [0.29, 0.717) is 0 Å². The normalized spacial score (nSPS) is 15.1. The number of thiocarbonyl (C=S) groups is 1. The van der Waals surface area contributed by atoms with Crippen molar-refractivity contribution in [3.8, 4) is 0 Å². The SMILES string of the molecule is NC(=S)c1ccc(N(CCO)C2CCC2)c(F)c1F. The van der Waals surface area contributed by atoms with Gasteiger partial charge < -0.3 is 15.7 Å². The second-order valence-electron chi connectivity index (χ2n) is 4.63. The molecule has 19 heavy (non-hydrogen) atoms. The summed E-state index contributed by atoms with van der Waals surface area (Å²) in [5.74, 6) is -1.97. The topological polar surface area (TPSA) is 49.5 Å². The lowest BCUT2D eigenvalue weighted by Crippen LogP contribution is -2.42. The summed E-state index contributed by atoms with van der Waals surface area (Å²) >= 11 is 4.67. The van der Waals surface area contributed by atoms with Crippen molar-refractivity contribution in [3.05, 3.63) is 29.3 Å². The molecule has 6 heteroatoms. The molecule has 0 radical (unpaired) electrons. The Bertz CT molecular complexity index is 492. The van der Waals surface area contributed by atoms with E-state index < -0.39 is 11.6 Å². The van der Waals surface area contributed by atoms with Crippen molar-refractivity contribution in [1.82, 2.24) is 0 Å².